The van der Waals surface area contributed by atoms with Crippen LogP contribution in [0.4, 0.5) is 0 Å². The molecule has 2 N–H and O–H groups in total. The Kier molecular flexibility index (Phi) is 4.09. The summed E-state index contributed by atoms with van der Waals surface area (Å²) in [6.07, 6.45) is 7.17. The molecule has 31 heavy (non-hydrogen) atoms. The second-order valence-corrected chi connectivity index (χ2v) is 8.84. The van der Waals surface area contributed by atoms with Crippen LogP contribution in [0.25, 0.3) is 55.3 Å². The van der Waals surface area contributed by atoms with E-state index in [1.807, 2.05) is 43.5 Å². The van der Waals surface area contributed by atoms with E-state index in [0.717, 1.165) is 53.7 Å². The standard InChI is InChI=1S/C22H14ClN7S/c1-11-6-7-24-8-12(11)14-2-3-15-20(26-14)21(30-29-15)22-27-16-10-25-9-13(19(16)28-22)17-4-5-18(23)31-17/h2-10H,1H3,(H,27,28)(H,29,30). The summed E-state index contributed by atoms with van der Waals surface area (Å²) in [5, 5.41) is 7.54. The van der Waals surface area contributed by atoms with Gasteiger partial charge < -0.3 is 4.98 Å². The average molecular weight is 444 g/mol. The van der Waals surface area contributed by atoms with Crippen LogP contribution in [-0.4, -0.2) is 35.1 Å². The number of rotatable bonds is 3. The maximum absolute atomic E-state index is 6.13. The minimum atomic E-state index is 0.630. The van der Waals surface area contributed by atoms with Crippen LogP contribution < -0.4 is 0 Å². The molecule has 0 bridgehead atoms. The molecule has 0 amide bonds. The van der Waals surface area contributed by atoms with Crippen molar-refractivity contribution in [2.75, 3.05) is 0 Å². The summed E-state index contributed by atoms with van der Waals surface area (Å²) >= 11 is 7.63. The van der Waals surface area contributed by atoms with Gasteiger partial charge in [0.25, 0.3) is 0 Å². The molecule has 9 heteroatoms. The van der Waals surface area contributed by atoms with Crippen molar-refractivity contribution in [3.63, 3.8) is 0 Å². The van der Waals surface area contributed by atoms with Crippen molar-refractivity contribution in [1.29, 1.82) is 0 Å². The van der Waals surface area contributed by atoms with Crippen molar-refractivity contribution in [2.24, 2.45) is 0 Å². The minimum Gasteiger partial charge on any atom is -0.335 e. The highest BCUT2D eigenvalue weighted by Crippen LogP contribution is 2.35. The fraction of sp³-hybridized carbons (Fsp3) is 0.0455. The molecule has 6 heterocycles. The van der Waals surface area contributed by atoms with E-state index < -0.39 is 0 Å². The SMILES string of the molecule is Cc1ccncc1-c1ccc2[nH]nc(-c3nc4c(-c5ccc(Cl)s5)cncc4[nH]3)c2n1. The number of fused-ring (bicyclic) bond motifs is 2. The number of aromatic amines is 2. The number of aryl methyl sites for hydroxylation is 1. The van der Waals surface area contributed by atoms with Crippen molar-refractivity contribution < 1.29 is 0 Å². The van der Waals surface area contributed by atoms with Crippen LogP contribution >= 0.6 is 22.9 Å². The summed E-state index contributed by atoms with van der Waals surface area (Å²) in [7, 11) is 0. The van der Waals surface area contributed by atoms with Crippen molar-refractivity contribution in [3.05, 3.63) is 65.0 Å². The first-order valence-electron chi connectivity index (χ1n) is 9.53. The molecule has 0 unspecified atom stereocenters. The zero-order valence-electron chi connectivity index (χ0n) is 16.2. The van der Waals surface area contributed by atoms with Gasteiger partial charge in [0.05, 0.1) is 27.3 Å². The lowest BCUT2D eigenvalue weighted by Crippen LogP contribution is -1.90. The van der Waals surface area contributed by atoms with Gasteiger partial charge >= 0.3 is 0 Å². The van der Waals surface area contributed by atoms with Crippen molar-refractivity contribution in [2.45, 2.75) is 6.92 Å². The number of imidazole rings is 1. The van der Waals surface area contributed by atoms with E-state index in [2.05, 4.69) is 25.1 Å². The maximum atomic E-state index is 6.13. The summed E-state index contributed by atoms with van der Waals surface area (Å²) in [5.74, 6) is 0.630. The van der Waals surface area contributed by atoms with Crippen LogP contribution in [-0.2, 0) is 0 Å². The smallest absolute Gasteiger partial charge is 0.161 e. The Morgan fingerprint density at radius 2 is 1.77 bits per heavy atom. The Morgan fingerprint density at radius 3 is 2.61 bits per heavy atom. The predicted octanol–water partition coefficient (Wildman–Crippen LogP) is 5.65. The molecule has 0 aliphatic carbocycles. The third-order valence-corrected chi connectivity index (χ3v) is 6.44. The lowest BCUT2D eigenvalue weighted by atomic mass is 10.1. The van der Waals surface area contributed by atoms with E-state index in [-0.39, 0.29) is 0 Å². The van der Waals surface area contributed by atoms with Crippen LogP contribution in [0.1, 0.15) is 5.56 Å². The van der Waals surface area contributed by atoms with Crippen LogP contribution in [0, 0.1) is 6.92 Å². The van der Waals surface area contributed by atoms with Crippen molar-refractivity contribution >= 4 is 45.0 Å². The van der Waals surface area contributed by atoms with Gasteiger partial charge in [0, 0.05) is 34.6 Å². The highest BCUT2D eigenvalue weighted by atomic mass is 35.5. The van der Waals surface area contributed by atoms with Gasteiger partial charge in [-0.15, -0.1) is 11.3 Å². The van der Waals surface area contributed by atoms with Crippen LogP contribution in [0.5, 0.6) is 0 Å². The highest BCUT2D eigenvalue weighted by molar-refractivity contribution is 7.19. The van der Waals surface area contributed by atoms with Gasteiger partial charge in [0.1, 0.15) is 11.0 Å². The average Bonchev–Trinajstić information content (AvgIpc) is 3.50. The summed E-state index contributed by atoms with van der Waals surface area (Å²) < 4.78 is 0.725. The van der Waals surface area contributed by atoms with Crippen LogP contribution in [0.15, 0.2) is 55.1 Å². The molecule has 6 rings (SSSR count). The van der Waals surface area contributed by atoms with Crippen molar-refractivity contribution in [1.82, 2.24) is 35.1 Å². The normalized spacial score (nSPS) is 11.5. The summed E-state index contributed by atoms with van der Waals surface area (Å²) in [5.41, 5.74) is 7.75. The van der Waals surface area contributed by atoms with E-state index in [4.69, 9.17) is 21.6 Å². The third-order valence-electron chi connectivity index (χ3n) is 5.18. The quantitative estimate of drug-likeness (QED) is 0.368. The molecule has 0 spiro atoms. The van der Waals surface area contributed by atoms with E-state index in [9.17, 15) is 0 Å². The van der Waals surface area contributed by atoms with Crippen molar-refractivity contribution in [3.8, 4) is 33.2 Å². The van der Waals surface area contributed by atoms with Gasteiger partial charge in [0.2, 0.25) is 0 Å². The molecule has 6 aromatic rings. The molecule has 0 aliphatic rings. The number of aromatic nitrogens is 7. The molecule has 150 valence electrons. The number of hydrogen-bond acceptors (Lipinski definition) is 6. The Balaban J connectivity index is 1.52. The highest BCUT2D eigenvalue weighted by Gasteiger charge is 2.18. The summed E-state index contributed by atoms with van der Waals surface area (Å²) in [4.78, 5) is 22.7. The first-order valence-corrected chi connectivity index (χ1v) is 10.7. The summed E-state index contributed by atoms with van der Waals surface area (Å²) in [6.45, 7) is 2.05. The first kappa shape index (κ1) is 18.2. The number of thiophene rings is 1. The topological polar surface area (TPSA) is 96.0 Å². The number of H-pyrrole nitrogens is 2. The van der Waals surface area contributed by atoms with Gasteiger partial charge in [0.15, 0.2) is 11.5 Å². The largest absolute Gasteiger partial charge is 0.335 e. The van der Waals surface area contributed by atoms with Gasteiger partial charge in [-0.1, -0.05) is 11.6 Å². The van der Waals surface area contributed by atoms with Gasteiger partial charge in [-0.25, -0.2) is 9.97 Å². The Hall–Kier alpha value is -3.62. The first-order chi connectivity index (χ1) is 15.2. The van der Waals surface area contributed by atoms with Gasteiger partial charge in [-0.3, -0.25) is 15.1 Å². The van der Waals surface area contributed by atoms with Gasteiger partial charge in [-0.2, -0.15) is 5.10 Å². The number of nitrogens with zero attached hydrogens (tertiary/aromatic N) is 5. The summed E-state index contributed by atoms with van der Waals surface area (Å²) in [6, 6.07) is 9.77. The number of nitrogens with one attached hydrogen (secondary N) is 2. The molecule has 0 aromatic carbocycles. The number of halogens is 1. The number of pyridine rings is 3. The zero-order valence-corrected chi connectivity index (χ0v) is 17.8. The number of hydrogen-bond donors (Lipinski definition) is 2. The molecule has 0 aliphatic heterocycles. The molecule has 0 atom stereocenters. The maximum Gasteiger partial charge on any atom is 0.161 e. The van der Waals surface area contributed by atoms with Gasteiger partial charge in [-0.05, 0) is 42.8 Å². The van der Waals surface area contributed by atoms with E-state index in [1.54, 1.807) is 18.6 Å². The van der Waals surface area contributed by atoms with E-state index in [0.29, 0.717) is 11.5 Å². The Bertz CT molecular complexity index is 1580. The zero-order chi connectivity index (χ0) is 20.9. The van der Waals surface area contributed by atoms with Crippen LogP contribution in [0.2, 0.25) is 4.34 Å². The Labute approximate surface area is 185 Å². The molecule has 0 saturated carbocycles. The lowest BCUT2D eigenvalue weighted by Gasteiger charge is -2.04. The molecular formula is C22H14ClN7S. The second kappa shape index (κ2) is 6.97. The van der Waals surface area contributed by atoms with E-state index in [1.165, 1.54) is 11.3 Å². The third kappa shape index (κ3) is 2.99. The monoisotopic (exact) mass is 443 g/mol. The predicted molar refractivity (Wildman–Crippen MR) is 123 cm³/mol. The molecule has 6 aromatic heterocycles. The minimum absolute atomic E-state index is 0.630. The lowest BCUT2D eigenvalue weighted by molar-refractivity contribution is 1.10. The molecule has 0 radical (unpaired) electrons. The van der Waals surface area contributed by atoms with Crippen LogP contribution in [0.3, 0.4) is 0 Å². The molecular weight excluding hydrogens is 430 g/mol. The van der Waals surface area contributed by atoms with E-state index >= 15 is 0 Å². The fourth-order valence-corrected chi connectivity index (χ4v) is 4.68. The fourth-order valence-electron chi connectivity index (χ4n) is 3.63. The molecule has 7 nitrogen and oxygen atoms in total. The Morgan fingerprint density at radius 1 is 0.871 bits per heavy atom. The molecule has 0 fully saturated rings. The second-order valence-electron chi connectivity index (χ2n) is 7.13. The molecule has 0 saturated heterocycles.